The SMILES string of the molecule is CC(=O)c1ccc(OCc2cc(Cl)ccn2)c(-c2ccc3c(c2)CCN(C(=O)OC(C)(C)C)CC3)c1. The van der Waals surface area contributed by atoms with E-state index in [1.165, 1.54) is 11.1 Å². The molecule has 0 bridgehead atoms. The predicted octanol–water partition coefficient (Wildman–Crippen LogP) is 6.52. The lowest BCUT2D eigenvalue weighted by atomic mass is 9.94. The quantitative estimate of drug-likeness (QED) is 0.368. The number of benzene rings is 2. The van der Waals surface area contributed by atoms with Crippen molar-refractivity contribution in [2.24, 2.45) is 0 Å². The van der Waals surface area contributed by atoms with Crippen molar-refractivity contribution in [1.82, 2.24) is 9.88 Å². The van der Waals surface area contributed by atoms with Gasteiger partial charge in [0, 0.05) is 35.4 Å². The van der Waals surface area contributed by atoms with E-state index >= 15 is 0 Å². The van der Waals surface area contributed by atoms with Gasteiger partial charge in [-0.1, -0.05) is 29.8 Å². The van der Waals surface area contributed by atoms with Gasteiger partial charge in [0.2, 0.25) is 0 Å². The molecule has 1 aromatic heterocycles. The van der Waals surface area contributed by atoms with Crippen LogP contribution in [0.3, 0.4) is 0 Å². The van der Waals surface area contributed by atoms with Crippen LogP contribution in [0, 0.1) is 0 Å². The van der Waals surface area contributed by atoms with E-state index in [4.69, 9.17) is 21.1 Å². The summed E-state index contributed by atoms with van der Waals surface area (Å²) in [5, 5.41) is 0.599. The predicted molar refractivity (Wildman–Crippen MR) is 141 cm³/mol. The van der Waals surface area contributed by atoms with E-state index in [9.17, 15) is 9.59 Å². The monoisotopic (exact) mass is 506 g/mol. The Labute approximate surface area is 217 Å². The third kappa shape index (κ3) is 6.43. The van der Waals surface area contributed by atoms with Crippen LogP contribution in [0.5, 0.6) is 5.75 Å². The third-order valence-electron chi connectivity index (χ3n) is 6.01. The first kappa shape index (κ1) is 25.7. The zero-order valence-corrected chi connectivity index (χ0v) is 21.9. The molecule has 4 rings (SSSR count). The zero-order chi connectivity index (χ0) is 25.9. The number of rotatable bonds is 5. The average molecular weight is 507 g/mol. The van der Waals surface area contributed by atoms with Gasteiger partial charge in [-0.25, -0.2) is 4.79 Å². The number of halogens is 1. The van der Waals surface area contributed by atoms with Crippen molar-refractivity contribution < 1.29 is 19.1 Å². The Balaban J connectivity index is 1.60. The zero-order valence-electron chi connectivity index (χ0n) is 21.1. The van der Waals surface area contributed by atoms with E-state index in [-0.39, 0.29) is 18.5 Å². The maximum absolute atomic E-state index is 12.6. The first-order valence-corrected chi connectivity index (χ1v) is 12.5. The molecule has 2 heterocycles. The number of nitrogens with zero attached hydrogens (tertiary/aromatic N) is 2. The van der Waals surface area contributed by atoms with Gasteiger partial charge < -0.3 is 14.4 Å². The maximum Gasteiger partial charge on any atom is 0.410 e. The van der Waals surface area contributed by atoms with Crippen LogP contribution in [-0.4, -0.2) is 40.5 Å². The van der Waals surface area contributed by atoms with E-state index in [2.05, 4.69) is 17.1 Å². The van der Waals surface area contributed by atoms with E-state index < -0.39 is 5.60 Å². The van der Waals surface area contributed by atoms with Crippen molar-refractivity contribution in [3.8, 4) is 16.9 Å². The molecule has 0 aliphatic carbocycles. The molecule has 0 spiro atoms. The minimum absolute atomic E-state index is 0.0120. The summed E-state index contributed by atoms with van der Waals surface area (Å²) in [6.45, 7) is 8.63. The Morgan fingerprint density at radius 3 is 2.44 bits per heavy atom. The number of carbonyl (C=O) groups excluding carboxylic acids is 2. The molecule has 0 atom stereocenters. The molecule has 2 aromatic carbocycles. The van der Waals surface area contributed by atoms with Crippen LogP contribution in [0.2, 0.25) is 5.02 Å². The van der Waals surface area contributed by atoms with Crippen molar-refractivity contribution in [3.63, 3.8) is 0 Å². The fraction of sp³-hybridized carbons (Fsp3) is 0.345. The second kappa shape index (κ2) is 10.7. The number of hydrogen-bond donors (Lipinski definition) is 0. The standard InChI is InChI=1S/C29H31ClN2O4/c1-19(33)21-7-8-27(35-18-25-17-24(30)9-12-31-25)26(16-21)23-6-5-20-10-13-32(14-11-22(20)15-23)28(34)36-29(2,3)4/h5-9,12,15-17H,10-11,13-14,18H2,1-4H3. The maximum atomic E-state index is 12.6. The van der Waals surface area contributed by atoms with Crippen molar-refractivity contribution >= 4 is 23.5 Å². The van der Waals surface area contributed by atoms with Gasteiger partial charge in [0.25, 0.3) is 0 Å². The Kier molecular flexibility index (Phi) is 7.65. The molecule has 0 saturated heterocycles. The van der Waals surface area contributed by atoms with Gasteiger partial charge in [0.05, 0.1) is 5.69 Å². The van der Waals surface area contributed by atoms with E-state index in [0.29, 0.717) is 35.1 Å². The van der Waals surface area contributed by atoms with Crippen molar-refractivity contribution in [3.05, 3.63) is 82.1 Å². The Morgan fingerprint density at radius 1 is 1.00 bits per heavy atom. The lowest BCUT2D eigenvalue weighted by Gasteiger charge is -2.26. The van der Waals surface area contributed by atoms with Gasteiger partial charge in [0.15, 0.2) is 5.78 Å². The van der Waals surface area contributed by atoms with Gasteiger partial charge in [-0.3, -0.25) is 9.78 Å². The molecule has 0 unspecified atom stereocenters. The highest BCUT2D eigenvalue weighted by Gasteiger charge is 2.24. The number of aromatic nitrogens is 1. The summed E-state index contributed by atoms with van der Waals surface area (Å²) in [5.41, 5.74) is 4.98. The topological polar surface area (TPSA) is 68.7 Å². The van der Waals surface area contributed by atoms with Crippen LogP contribution in [0.4, 0.5) is 4.79 Å². The van der Waals surface area contributed by atoms with Crippen molar-refractivity contribution in [2.45, 2.75) is 52.7 Å². The van der Waals surface area contributed by atoms with E-state index in [1.54, 1.807) is 36.2 Å². The smallest absolute Gasteiger partial charge is 0.410 e. The molecule has 188 valence electrons. The highest BCUT2D eigenvalue weighted by Crippen LogP contribution is 2.34. The number of hydrogen-bond acceptors (Lipinski definition) is 5. The number of pyridine rings is 1. The lowest BCUT2D eigenvalue weighted by molar-refractivity contribution is 0.0258. The normalized spacial score (nSPS) is 13.5. The molecule has 0 saturated carbocycles. The Morgan fingerprint density at radius 2 is 1.75 bits per heavy atom. The highest BCUT2D eigenvalue weighted by molar-refractivity contribution is 6.30. The van der Waals surface area contributed by atoms with Crippen molar-refractivity contribution in [1.29, 1.82) is 0 Å². The van der Waals surface area contributed by atoms with Crippen LogP contribution >= 0.6 is 11.6 Å². The Bertz CT molecular complexity index is 1280. The number of carbonyl (C=O) groups is 2. The minimum atomic E-state index is -0.526. The van der Waals surface area contributed by atoms with Crippen LogP contribution in [0.1, 0.15) is 54.9 Å². The molecule has 0 radical (unpaired) electrons. The Hall–Kier alpha value is -3.38. The second-order valence-electron chi connectivity index (χ2n) is 9.97. The molecule has 1 aliphatic rings. The summed E-state index contributed by atoms with van der Waals surface area (Å²) < 4.78 is 11.7. The number of ether oxygens (including phenoxy) is 2. The average Bonchev–Trinajstić information content (AvgIpc) is 3.04. The highest BCUT2D eigenvalue weighted by atomic mass is 35.5. The molecule has 0 N–H and O–H groups in total. The fourth-order valence-corrected chi connectivity index (χ4v) is 4.36. The first-order valence-electron chi connectivity index (χ1n) is 12.1. The largest absolute Gasteiger partial charge is 0.487 e. The second-order valence-corrected chi connectivity index (χ2v) is 10.4. The van der Waals surface area contributed by atoms with E-state index in [0.717, 1.165) is 24.0 Å². The molecule has 1 aliphatic heterocycles. The molecule has 7 heteroatoms. The number of Topliss-reactive ketones (excluding diaryl/α,β-unsaturated/α-hetero) is 1. The van der Waals surface area contributed by atoms with Crippen LogP contribution in [-0.2, 0) is 24.2 Å². The first-order chi connectivity index (χ1) is 17.1. The van der Waals surface area contributed by atoms with Gasteiger partial charge in [0.1, 0.15) is 18.0 Å². The molecule has 0 fully saturated rings. The van der Waals surface area contributed by atoms with Gasteiger partial charge >= 0.3 is 6.09 Å². The van der Waals surface area contributed by atoms with Crippen LogP contribution < -0.4 is 4.74 Å². The molecule has 36 heavy (non-hydrogen) atoms. The summed E-state index contributed by atoms with van der Waals surface area (Å²) in [5.74, 6) is 0.646. The molecule has 6 nitrogen and oxygen atoms in total. The molecule has 3 aromatic rings. The molecular formula is C29H31ClN2O4. The number of fused-ring (bicyclic) bond motifs is 1. The fourth-order valence-electron chi connectivity index (χ4n) is 4.18. The van der Waals surface area contributed by atoms with Gasteiger partial charge in [-0.05, 0) is 87.6 Å². The third-order valence-corrected chi connectivity index (χ3v) is 6.25. The van der Waals surface area contributed by atoms with Crippen molar-refractivity contribution in [2.75, 3.05) is 13.1 Å². The van der Waals surface area contributed by atoms with Gasteiger partial charge in [-0.15, -0.1) is 0 Å². The van der Waals surface area contributed by atoms with E-state index in [1.807, 2.05) is 39.0 Å². The van der Waals surface area contributed by atoms with Crippen LogP contribution in [0.15, 0.2) is 54.7 Å². The minimum Gasteiger partial charge on any atom is -0.487 e. The molecular weight excluding hydrogens is 476 g/mol. The number of amides is 1. The summed E-state index contributed by atoms with van der Waals surface area (Å²) in [6.07, 6.45) is 2.84. The summed E-state index contributed by atoms with van der Waals surface area (Å²) in [7, 11) is 0. The summed E-state index contributed by atoms with van der Waals surface area (Å²) >= 11 is 6.09. The van der Waals surface area contributed by atoms with Crippen LogP contribution in [0.25, 0.3) is 11.1 Å². The summed E-state index contributed by atoms with van der Waals surface area (Å²) in [4.78, 5) is 30.8. The summed E-state index contributed by atoms with van der Waals surface area (Å²) in [6, 6.07) is 15.2. The van der Waals surface area contributed by atoms with Gasteiger partial charge in [-0.2, -0.15) is 0 Å². The number of ketones is 1. The lowest BCUT2D eigenvalue weighted by Crippen LogP contribution is -2.38. The molecule has 1 amide bonds.